The van der Waals surface area contributed by atoms with Crippen molar-refractivity contribution in [3.8, 4) is 0 Å². The van der Waals surface area contributed by atoms with E-state index in [4.69, 9.17) is 4.74 Å². The van der Waals surface area contributed by atoms with Gasteiger partial charge in [0.05, 0.1) is 0 Å². The normalized spacial score (nSPS) is 15.5. The lowest BCUT2D eigenvalue weighted by Gasteiger charge is -2.19. The van der Waals surface area contributed by atoms with Gasteiger partial charge in [0, 0.05) is 37.8 Å². The number of fused-ring (bicyclic) bond motifs is 1. The van der Waals surface area contributed by atoms with Gasteiger partial charge in [0.2, 0.25) is 0 Å². The van der Waals surface area contributed by atoms with Gasteiger partial charge in [0.15, 0.2) is 5.69 Å². The maximum absolute atomic E-state index is 12.0. The van der Waals surface area contributed by atoms with Crippen LogP contribution in [0.25, 0.3) is 0 Å². The van der Waals surface area contributed by atoms with Gasteiger partial charge in [0.25, 0.3) is 0 Å². The highest BCUT2D eigenvalue weighted by atomic mass is 16.6. The van der Waals surface area contributed by atoms with Gasteiger partial charge in [-0.25, -0.2) is 4.79 Å². The summed E-state index contributed by atoms with van der Waals surface area (Å²) in [5, 5.41) is 7.53. The Bertz CT molecular complexity index is 443. The average Bonchev–Trinajstić information content (AvgIpc) is 2.55. The molecule has 0 radical (unpaired) electrons. The highest BCUT2D eigenvalue weighted by Gasteiger charge is 2.27. The quantitative estimate of drug-likeness (QED) is 0.741. The van der Waals surface area contributed by atoms with Crippen LogP contribution in [0, 0.1) is 0 Å². The summed E-state index contributed by atoms with van der Waals surface area (Å²) in [5.41, 5.74) is 2.08. The Balaban J connectivity index is 2.30. The van der Waals surface area contributed by atoms with Crippen molar-refractivity contribution in [2.75, 3.05) is 6.54 Å². The Morgan fingerprint density at radius 2 is 2.18 bits per heavy atom. The molecule has 1 aromatic heterocycles. The molecule has 1 aliphatic heterocycles. The second-order valence-corrected chi connectivity index (χ2v) is 5.33. The molecule has 2 heterocycles. The van der Waals surface area contributed by atoms with Crippen LogP contribution in [-0.4, -0.2) is 27.9 Å². The molecule has 0 amide bonds. The zero-order valence-corrected chi connectivity index (χ0v) is 10.8. The molecule has 5 heteroatoms. The number of carbonyl (C=O) groups excluding carboxylic acids is 1. The first-order valence-corrected chi connectivity index (χ1v) is 5.87. The van der Waals surface area contributed by atoms with Crippen molar-refractivity contribution in [2.24, 2.45) is 7.05 Å². The fraction of sp³-hybridized carbons (Fsp3) is 0.667. The third kappa shape index (κ3) is 2.49. The molecule has 5 nitrogen and oxygen atoms in total. The zero-order chi connectivity index (χ0) is 12.6. The molecule has 17 heavy (non-hydrogen) atoms. The number of nitrogens with zero attached hydrogens (tertiary/aromatic N) is 2. The number of esters is 1. The monoisotopic (exact) mass is 237 g/mol. The van der Waals surface area contributed by atoms with Crippen LogP contribution in [0.5, 0.6) is 0 Å². The first kappa shape index (κ1) is 12.1. The van der Waals surface area contributed by atoms with Gasteiger partial charge in [-0.3, -0.25) is 4.68 Å². The van der Waals surface area contributed by atoms with Gasteiger partial charge in [0.1, 0.15) is 5.60 Å². The third-order valence-electron chi connectivity index (χ3n) is 2.71. The van der Waals surface area contributed by atoms with Crippen LogP contribution < -0.4 is 5.32 Å². The van der Waals surface area contributed by atoms with Crippen LogP contribution >= 0.6 is 0 Å². The molecule has 0 atom stereocenters. The number of aromatic nitrogens is 2. The summed E-state index contributed by atoms with van der Waals surface area (Å²) in [6.45, 7) is 7.20. The topological polar surface area (TPSA) is 56.2 Å². The molecule has 0 bridgehead atoms. The predicted octanol–water partition coefficient (Wildman–Crippen LogP) is 1.02. The number of rotatable bonds is 1. The lowest BCUT2D eigenvalue weighted by Crippen LogP contribution is -2.27. The van der Waals surface area contributed by atoms with E-state index < -0.39 is 5.60 Å². The lowest BCUT2D eigenvalue weighted by molar-refractivity contribution is 0.00607. The lowest BCUT2D eigenvalue weighted by atomic mass is 10.1. The van der Waals surface area contributed by atoms with Crippen LogP contribution in [0.4, 0.5) is 0 Å². The fourth-order valence-corrected chi connectivity index (χ4v) is 2.01. The molecule has 0 spiro atoms. The molecule has 1 N–H and O–H groups in total. The van der Waals surface area contributed by atoms with Crippen molar-refractivity contribution in [2.45, 2.75) is 39.3 Å². The van der Waals surface area contributed by atoms with E-state index in [1.807, 2.05) is 27.8 Å². The number of carbonyl (C=O) groups is 1. The predicted molar refractivity (Wildman–Crippen MR) is 63.8 cm³/mol. The van der Waals surface area contributed by atoms with Crippen LogP contribution in [0.1, 0.15) is 42.5 Å². The van der Waals surface area contributed by atoms with Gasteiger partial charge in [-0.15, -0.1) is 0 Å². The van der Waals surface area contributed by atoms with Crippen LogP contribution in [0.15, 0.2) is 0 Å². The Labute approximate surface area is 101 Å². The van der Waals surface area contributed by atoms with Crippen LogP contribution in [0.3, 0.4) is 0 Å². The van der Waals surface area contributed by atoms with E-state index in [2.05, 4.69) is 10.4 Å². The molecule has 1 aliphatic rings. The highest BCUT2D eigenvalue weighted by Crippen LogP contribution is 2.20. The van der Waals surface area contributed by atoms with Crippen molar-refractivity contribution in [3.05, 3.63) is 17.0 Å². The molecule has 0 aliphatic carbocycles. The molecule has 1 aromatic rings. The Hall–Kier alpha value is -1.36. The molecule has 0 unspecified atom stereocenters. The summed E-state index contributed by atoms with van der Waals surface area (Å²) in [6.07, 6.45) is 0.904. The van der Waals surface area contributed by atoms with Crippen molar-refractivity contribution < 1.29 is 9.53 Å². The number of nitrogens with one attached hydrogen (secondary N) is 1. The van der Waals surface area contributed by atoms with Gasteiger partial charge in [-0.05, 0) is 20.8 Å². The third-order valence-corrected chi connectivity index (χ3v) is 2.71. The molecule has 94 valence electrons. The zero-order valence-electron chi connectivity index (χ0n) is 10.8. The standard InChI is InChI=1S/C12H19N3O2/c1-12(2,3)17-11(16)10-8-7-13-6-5-9(8)15(4)14-10/h13H,5-7H2,1-4H3. The van der Waals surface area contributed by atoms with Crippen molar-refractivity contribution in [1.82, 2.24) is 15.1 Å². The fourth-order valence-electron chi connectivity index (χ4n) is 2.01. The SMILES string of the molecule is Cn1nc(C(=O)OC(C)(C)C)c2c1CCNC2. The summed E-state index contributed by atoms with van der Waals surface area (Å²) >= 11 is 0. The van der Waals surface area contributed by atoms with E-state index in [0.717, 1.165) is 24.2 Å². The minimum absolute atomic E-state index is 0.335. The van der Waals surface area contributed by atoms with E-state index in [9.17, 15) is 4.79 Å². The number of hydrogen-bond acceptors (Lipinski definition) is 4. The number of ether oxygens (including phenoxy) is 1. The number of aryl methyl sites for hydroxylation is 1. The van der Waals surface area contributed by atoms with Gasteiger partial charge < -0.3 is 10.1 Å². The minimum atomic E-state index is -0.483. The molecule has 0 saturated carbocycles. The largest absolute Gasteiger partial charge is 0.455 e. The summed E-state index contributed by atoms with van der Waals surface area (Å²) < 4.78 is 7.15. The first-order valence-electron chi connectivity index (χ1n) is 5.87. The smallest absolute Gasteiger partial charge is 0.359 e. The van der Waals surface area contributed by atoms with E-state index >= 15 is 0 Å². The van der Waals surface area contributed by atoms with E-state index in [1.54, 1.807) is 4.68 Å². The molecule has 2 rings (SSSR count). The maximum Gasteiger partial charge on any atom is 0.359 e. The first-order chi connectivity index (χ1) is 7.88. The minimum Gasteiger partial charge on any atom is -0.455 e. The van der Waals surface area contributed by atoms with Crippen LogP contribution in [-0.2, 0) is 24.8 Å². The van der Waals surface area contributed by atoms with Crippen molar-refractivity contribution >= 4 is 5.97 Å². The van der Waals surface area contributed by atoms with Crippen molar-refractivity contribution in [1.29, 1.82) is 0 Å². The molecular weight excluding hydrogens is 218 g/mol. The van der Waals surface area contributed by atoms with Gasteiger partial charge in [-0.2, -0.15) is 5.10 Å². The summed E-state index contributed by atoms with van der Waals surface area (Å²) in [6, 6.07) is 0. The summed E-state index contributed by atoms with van der Waals surface area (Å²) in [4.78, 5) is 12.0. The Morgan fingerprint density at radius 1 is 1.47 bits per heavy atom. The summed E-state index contributed by atoms with van der Waals surface area (Å²) in [5.74, 6) is -0.335. The van der Waals surface area contributed by atoms with E-state index in [-0.39, 0.29) is 5.97 Å². The molecule has 0 saturated heterocycles. The molecule has 0 aromatic carbocycles. The second-order valence-electron chi connectivity index (χ2n) is 5.33. The van der Waals surface area contributed by atoms with Crippen LogP contribution in [0.2, 0.25) is 0 Å². The van der Waals surface area contributed by atoms with E-state index in [1.165, 1.54) is 0 Å². The Morgan fingerprint density at radius 3 is 2.82 bits per heavy atom. The Kier molecular flexibility index (Phi) is 2.95. The molecule has 0 fully saturated rings. The highest BCUT2D eigenvalue weighted by molar-refractivity contribution is 5.89. The van der Waals surface area contributed by atoms with E-state index in [0.29, 0.717) is 12.2 Å². The average molecular weight is 237 g/mol. The number of hydrogen-bond donors (Lipinski definition) is 1. The second kappa shape index (κ2) is 4.14. The van der Waals surface area contributed by atoms with Gasteiger partial charge in [-0.1, -0.05) is 0 Å². The van der Waals surface area contributed by atoms with Gasteiger partial charge >= 0.3 is 5.97 Å². The molecular formula is C12H19N3O2. The summed E-state index contributed by atoms with van der Waals surface area (Å²) in [7, 11) is 1.87. The maximum atomic E-state index is 12.0. The van der Waals surface area contributed by atoms with Crippen molar-refractivity contribution in [3.63, 3.8) is 0 Å².